The quantitative estimate of drug-likeness (QED) is 0.648. The maximum atomic E-state index is 13.5. The van der Waals surface area contributed by atoms with E-state index in [0.717, 1.165) is 31.5 Å². The molecule has 1 amide bonds. The van der Waals surface area contributed by atoms with E-state index in [1.54, 1.807) is 13.0 Å². The van der Waals surface area contributed by atoms with Gasteiger partial charge in [0, 0.05) is 22.5 Å². The fourth-order valence-corrected chi connectivity index (χ4v) is 4.18. The third kappa shape index (κ3) is 3.64. The Bertz CT molecular complexity index is 1010. The summed E-state index contributed by atoms with van der Waals surface area (Å²) in [4.78, 5) is 15.2. The summed E-state index contributed by atoms with van der Waals surface area (Å²) in [5.41, 5.74) is 2.16. The highest BCUT2D eigenvalue weighted by molar-refractivity contribution is 6.31. The SMILES string of the molecule is Cc1c(C(=O)NC[C@@H](c2ccccc2Cl)N2CCCC2)oc2ccc(F)cc12. The highest BCUT2D eigenvalue weighted by atomic mass is 35.5. The summed E-state index contributed by atoms with van der Waals surface area (Å²) in [6.07, 6.45) is 2.28. The number of nitrogens with zero attached hydrogens (tertiary/aromatic N) is 1. The van der Waals surface area contributed by atoms with E-state index < -0.39 is 0 Å². The van der Waals surface area contributed by atoms with Gasteiger partial charge >= 0.3 is 0 Å². The molecule has 0 saturated carbocycles. The highest BCUT2D eigenvalue weighted by Crippen LogP contribution is 2.30. The average Bonchev–Trinajstić information content (AvgIpc) is 3.32. The van der Waals surface area contributed by atoms with E-state index in [4.69, 9.17) is 16.0 Å². The van der Waals surface area contributed by atoms with Crippen LogP contribution in [0, 0.1) is 12.7 Å². The smallest absolute Gasteiger partial charge is 0.287 e. The van der Waals surface area contributed by atoms with E-state index in [1.165, 1.54) is 12.1 Å². The number of likely N-dealkylation sites (tertiary alicyclic amines) is 1. The molecule has 4 nitrogen and oxygen atoms in total. The molecule has 4 rings (SSSR count). The monoisotopic (exact) mass is 400 g/mol. The zero-order valence-corrected chi connectivity index (χ0v) is 16.4. The second-order valence-electron chi connectivity index (χ2n) is 7.19. The topological polar surface area (TPSA) is 45.5 Å². The van der Waals surface area contributed by atoms with Gasteiger partial charge in [-0.1, -0.05) is 29.8 Å². The lowest BCUT2D eigenvalue weighted by Gasteiger charge is -2.28. The number of nitrogens with one attached hydrogen (secondary N) is 1. The summed E-state index contributed by atoms with van der Waals surface area (Å²) in [6, 6.07) is 12.0. The lowest BCUT2D eigenvalue weighted by molar-refractivity contribution is 0.0911. The number of aryl methyl sites for hydroxylation is 1. The normalized spacial score (nSPS) is 15.8. The molecule has 1 fully saturated rings. The molecular weight excluding hydrogens is 379 g/mol. The van der Waals surface area contributed by atoms with Crippen LogP contribution in [-0.4, -0.2) is 30.4 Å². The minimum absolute atomic E-state index is 0.00211. The Kier molecular flexibility index (Phi) is 5.38. The fourth-order valence-electron chi connectivity index (χ4n) is 3.91. The Morgan fingerprint density at radius 2 is 2.00 bits per heavy atom. The number of amides is 1. The number of fused-ring (bicyclic) bond motifs is 1. The van der Waals surface area contributed by atoms with Crippen LogP contribution in [0.3, 0.4) is 0 Å². The Labute approximate surface area is 168 Å². The van der Waals surface area contributed by atoms with Crippen LogP contribution in [0.15, 0.2) is 46.9 Å². The molecule has 0 radical (unpaired) electrons. The number of furan rings is 1. The molecule has 146 valence electrons. The molecule has 0 aliphatic carbocycles. The van der Waals surface area contributed by atoms with Crippen LogP contribution < -0.4 is 5.32 Å². The third-order valence-corrected chi connectivity index (χ3v) is 5.75. The first-order valence-corrected chi connectivity index (χ1v) is 9.87. The summed E-state index contributed by atoms with van der Waals surface area (Å²) in [5.74, 6) is -0.429. The summed E-state index contributed by atoms with van der Waals surface area (Å²) in [6.45, 7) is 4.16. The van der Waals surface area contributed by atoms with Gasteiger partial charge in [0.1, 0.15) is 11.4 Å². The van der Waals surface area contributed by atoms with Crippen LogP contribution in [0.2, 0.25) is 5.02 Å². The maximum absolute atomic E-state index is 13.5. The number of carbonyl (C=O) groups is 1. The van der Waals surface area contributed by atoms with Crippen molar-refractivity contribution < 1.29 is 13.6 Å². The van der Waals surface area contributed by atoms with Gasteiger partial charge in [0.2, 0.25) is 0 Å². The molecule has 1 aliphatic heterocycles. The van der Waals surface area contributed by atoms with Crippen LogP contribution in [0.4, 0.5) is 4.39 Å². The second kappa shape index (κ2) is 7.94. The number of halogens is 2. The molecule has 1 N–H and O–H groups in total. The highest BCUT2D eigenvalue weighted by Gasteiger charge is 2.26. The first kappa shape index (κ1) is 19.0. The van der Waals surface area contributed by atoms with Gasteiger partial charge in [-0.3, -0.25) is 9.69 Å². The summed E-state index contributed by atoms with van der Waals surface area (Å²) >= 11 is 6.43. The number of rotatable bonds is 5. The molecule has 0 spiro atoms. The van der Waals surface area contributed by atoms with Gasteiger partial charge in [-0.25, -0.2) is 4.39 Å². The molecule has 1 atom stereocenters. The molecule has 0 unspecified atom stereocenters. The molecule has 28 heavy (non-hydrogen) atoms. The Morgan fingerprint density at radius 3 is 2.75 bits per heavy atom. The minimum atomic E-state index is -0.351. The van der Waals surface area contributed by atoms with Gasteiger partial charge in [-0.2, -0.15) is 0 Å². The van der Waals surface area contributed by atoms with Crippen molar-refractivity contribution in [2.24, 2.45) is 0 Å². The Balaban J connectivity index is 1.56. The van der Waals surface area contributed by atoms with Crippen molar-refractivity contribution in [1.82, 2.24) is 10.2 Å². The first-order valence-electron chi connectivity index (χ1n) is 9.50. The van der Waals surface area contributed by atoms with Crippen LogP contribution in [-0.2, 0) is 0 Å². The predicted octanol–water partition coefficient (Wildman–Crippen LogP) is 5.10. The molecule has 2 heterocycles. The summed E-state index contributed by atoms with van der Waals surface area (Å²) in [7, 11) is 0. The van der Waals surface area contributed by atoms with E-state index in [2.05, 4.69) is 10.2 Å². The van der Waals surface area contributed by atoms with Gasteiger partial charge in [0.25, 0.3) is 5.91 Å². The van der Waals surface area contributed by atoms with Crippen LogP contribution in [0.5, 0.6) is 0 Å². The van der Waals surface area contributed by atoms with Crippen molar-refractivity contribution in [3.05, 3.63) is 70.2 Å². The van der Waals surface area contributed by atoms with Gasteiger partial charge < -0.3 is 9.73 Å². The molecular formula is C22H22ClFN2O2. The standard InChI is InChI=1S/C22H22ClFN2O2/c1-14-17-12-15(24)8-9-20(17)28-21(14)22(27)25-13-19(26-10-4-5-11-26)16-6-2-3-7-18(16)23/h2-3,6-9,12,19H,4-5,10-11,13H2,1H3,(H,25,27)/t19-/m0/s1. The van der Waals surface area contributed by atoms with Crippen molar-refractivity contribution in [3.8, 4) is 0 Å². The van der Waals surface area contributed by atoms with Crippen molar-refractivity contribution in [2.45, 2.75) is 25.8 Å². The van der Waals surface area contributed by atoms with Gasteiger partial charge in [0.05, 0.1) is 6.04 Å². The van der Waals surface area contributed by atoms with Gasteiger partial charge in [-0.15, -0.1) is 0 Å². The Morgan fingerprint density at radius 1 is 1.25 bits per heavy atom. The van der Waals surface area contributed by atoms with Crippen molar-refractivity contribution in [3.63, 3.8) is 0 Å². The number of benzene rings is 2. The van der Waals surface area contributed by atoms with Crippen LogP contribution in [0.1, 0.15) is 40.6 Å². The largest absolute Gasteiger partial charge is 0.451 e. The van der Waals surface area contributed by atoms with Crippen molar-refractivity contribution in [2.75, 3.05) is 19.6 Å². The minimum Gasteiger partial charge on any atom is -0.451 e. The molecule has 1 saturated heterocycles. The van der Waals surface area contributed by atoms with E-state index in [0.29, 0.717) is 28.1 Å². The summed E-state index contributed by atoms with van der Waals surface area (Å²) < 4.78 is 19.2. The number of hydrogen-bond acceptors (Lipinski definition) is 3. The van der Waals surface area contributed by atoms with E-state index in [-0.39, 0.29) is 23.5 Å². The molecule has 1 aromatic heterocycles. The third-order valence-electron chi connectivity index (χ3n) is 5.41. The molecule has 1 aliphatic rings. The molecule has 3 aromatic rings. The van der Waals surface area contributed by atoms with E-state index in [9.17, 15) is 9.18 Å². The van der Waals surface area contributed by atoms with E-state index in [1.807, 2.05) is 24.3 Å². The maximum Gasteiger partial charge on any atom is 0.287 e. The lowest BCUT2D eigenvalue weighted by Crippen LogP contribution is -2.37. The van der Waals surface area contributed by atoms with Gasteiger partial charge in [0.15, 0.2) is 5.76 Å². The van der Waals surface area contributed by atoms with Crippen molar-refractivity contribution >= 4 is 28.5 Å². The molecule has 6 heteroatoms. The fraction of sp³-hybridized carbons (Fsp3) is 0.318. The van der Waals surface area contributed by atoms with Crippen LogP contribution in [0.25, 0.3) is 11.0 Å². The zero-order valence-electron chi connectivity index (χ0n) is 15.7. The van der Waals surface area contributed by atoms with Gasteiger partial charge in [-0.05, 0) is 62.7 Å². The second-order valence-corrected chi connectivity index (χ2v) is 7.59. The van der Waals surface area contributed by atoms with Crippen LogP contribution >= 0.6 is 11.6 Å². The van der Waals surface area contributed by atoms with Crippen molar-refractivity contribution in [1.29, 1.82) is 0 Å². The first-order chi connectivity index (χ1) is 13.5. The number of carbonyl (C=O) groups excluding carboxylic acids is 1. The Hall–Kier alpha value is -2.37. The summed E-state index contributed by atoms with van der Waals surface area (Å²) in [5, 5.41) is 4.31. The predicted molar refractivity (Wildman–Crippen MR) is 108 cm³/mol. The zero-order chi connectivity index (χ0) is 19.7. The average molecular weight is 401 g/mol. The molecule has 0 bridgehead atoms. The number of hydrogen-bond donors (Lipinski definition) is 1. The van der Waals surface area contributed by atoms with E-state index >= 15 is 0 Å². The molecule has 2 aromatic carbocycles. The lowest BCUT2D eigenvalue weighted by atomic mass is 10.1.